The summed E-state index contributed by atoms with van der Waals surface area (Å²) in [5.74, 6) is -0.420. The minimum absolute atomic E-state index is 0.124. The van der Waals surface area contributed by atoms with Crippen molar-refractivity contribution < 1.29 is 14.3 Å². The lowest BCUT2D eigenvalue weighted by molar-refractivity contribution is -0.141. The number of nitrogens with zero attached hydrogens (tertiary/aromatic N) is 3. The number of nitrogens with one attached hydrogen (secondary N) is 1. The lowest BCUT2D eigenvalue weighted by Gasteiger charge is -2.15. The highest BCUT2D eigenvalue weighted by molar-refractivity contribution is 6.05. The summed E-state index contributed by atoms with van der Waals surface area (Å²) in [5.41, 5.74) is 2.06. The van der Waals surface area contributed by atoms with Crippen LogP contribution >= 0.6 is 0 Å². The number of aromatic nitrogens is 3. The van der Waals surface area contributed by atoms with Gasteiger partial charge in [-0.2, -0.15) is 5.10 Å². The van der Waals surface area contributed by atoms with Crippen LogP contribution < -0.4 is 5.32 Å². The van der Waals surface area contributed by atoms with Gasteiger partial charge in [-0.05, 0) is 32.8 Å². The molecular formula is C18H26N4O3. The number of amides is 1. The molecule has 0 aliphatic heterocycles. The van der Waals surface area contributed by atoms with E-state index < -0.39 is 0 Å². The minimum Gasteiger partial charge on any atom is -0.469 e. The SMILES string of the molecule is COC(=O)CC(C)NC(=O)c1cc(C(C)C)nc2c1cnn2C(C)C. The van der Waals surface area contributed by atoms with Gasteiger partial charge in [0.2, 0.25) is 0 Å². The summed E-state index contributed by atoms with van der Waals surface area (Å²) in [6.45, 7) is 9.88. The van der Waals surface area contributed by atoms with E-state index in [1.54, 1.807) is 19.2 Å². The zero-order valence-corrected chi connectivity index (χ0v) is 15.7. The predicted octanol–water partition coefficient (Wildman–Crippen LogP) is 2.82. The van der Waals surface area contributed by atoms with E-state index in [9.17, 15) is 9.59 Å². The highest BCUT2D eigenvalue weighted by Crippen LogP contribution is 2.24. The molecule has 2 heterocycles. The van der Waals surface area contributed by atoms with Gasteiger partial charge in [0.05, 0.1) is 30.7 Å². The van der Waals surface area contributed by atoms with Gasteiger partial charge in [0.1, 0.15) is 0 Å². The first-order valence-corrected chi connectivity index (χ1v) is 8.50. The quantitative estimate of drug-likeness (QED) is 0.813. The Balaban J connectivity index is 2.42. The van der Waals surface area contributed by atoms with Crippen LogP contribution in [0.3, 0.4) is 0 Å². The van der Waals surface area contributed by atoms with Crippen LogP contribution in [0.5, 0.6) is 0 Å². The van der Waals surface area contributed by atoms with Crippen molar-refractivity contribution in [3.8, 4) is 0 Å². The lowest BCUT2D eigenvalue weighted by atomic mass is 10.0. The van der Waals surface area contributed by atoms with Crippen LogP contribution in [-0.2, 0) is 9.53 Å². The van der Waals surface area contributed by atoms with Gasteiger partial charge in [-0.15, -0.1) is 0 Å². The Hall–Kier alpha value is -2.44. The van der Waals surface area contributed by atoms with Gasteiger partial charge in [0.25, 0.3) is 5.91 Å². The normalized spacial score (nSPS) is 12.6. The van der Waals surface area contributed by atoms with Crippen LogP contribution in [0.15, 0.2) is 12.3 Å². The van der Waals surface area contributed by atoms with Gasteiger partial charge in [-0.25, -0.2) is 9.67 Å². The van der Waals surface area contributed by atoms with Gasteiger partial charge in [-0.1, -0.05) is 13.8 Å². The van der Waals surface area contributed by atoms with Crippen molar-refractivity contribution in [2.24, 2.45) is 0 Å². The first-order chi connectivity index (χ1) is 11.7. The number of esters is 1. The lowest BCUT2D eigenvalue weighted by Crippen LogP contribution is -2.34. The topological polar surface area (TPSA) is 86.1 Å². The van der Waals surface area contributed by atoms with Gasteiger partial charge in [0.15, 0.2) is 5.65 Å². The minimum atomic E-state index is -0.358. The molecule has 1 amide bonds. The number of pyridine rings is 1. The Bertz CT molecular complexity index is 780. The van der Waals surface area contributed by atoms with Crippen molar-refractivity contribution in [3.63, 3.8) is 0 Å². The smallest absolute Gasteiger partial charge is 0.307 e. The molecule has 0 aliphatic carbocycles. The van der Waals surface area contributed by atoms with E-state index in [0.717, 1.165) is 5.69 Å². The van der Waals surface area contributed by atoms with Crippen LogP contribution in [0.25, 0.3) is 11.0 Å². The average molecular weight is 346 g/mol. The van der Waals surface area contributed by atoms with E-state index >= 15 is 0 Å². The molecule has 136 valence electrons. The van der Waals surface area contributed by atoms with Crippen molar-refractivity contribution in [3.05, 3.63) is 23.5 Å². The van der Waals surface area contributed by atoms with Gasteiger partial charge in [-0.3, -0.25) is 9.59 Å². The second-order valence-electron chi connectivity index (χ2n) is 6.82. The third-order valence-corrected chi connectivity index (χ3v) is 3.99. The molecule has 0 spiro atoms. The third-order valence-electron chi connectivity index (χ3n) is 3.99. The van der Waals surface area contributed by atoms with E-state index in [1.165, 1.54) is 7.11 Å². The number of hydrogen-bond donors (Lipinski definition) is 1. The molecule has 7 nitrogen and oxygen atoms in total. The number of methoxy groups -OCH3 is 1. The first kappa shape index (κ1) is 18.9. The van der Waals surface area contributed by atoms with Gasteiger partial charge in [0, 0.05) is 17.8 Å². The van der Waals surface area contributed by atoms with E-state index in [2.05, 4.69) is 20.1 Å². The summed E-state index contributed by atoms with van der Waals surface area (Å²) in [6, 6.07) is 1.62. The van der Waals surface area contributed by atoms with Crippen LogP contribution in [-0.4, -0.2) is 39.8 Å². The zero-order chi connectivity index (χ0) is 18.7. The van der Waals surface area contributed by atoms with Crippen LogP contribution in [0.2, 0.25) is 0 Å². The maximum absolute atomic E-state index is 12.8. The number of hydrogen-bond acceptors (Lipinski definition) is 5. The molecule has 2 rings (SSSR count). The summed E-state index contributed by atoms with van der Waals surface area (Å²) in [7, 11) is 1.33. The van der Waals surface area contributed by atoms with Gasteiger partial charge < -0.3 is 10.1 Å². The van der Waals surface area contributed by atoms with E-state index in [0.29, 0.717) is 16.6 Å². The fraction of sp³-hybridized carbons (Fsp3) is 0.556. The Labute approximate surface area is 147 Å². The molecule has 1 atom stereocenters. The summed E-state index contributed by atoms with van der Waals surface area (Å²) < 4.78 is 6.46. The number of carbonyl (C=O) groups is 2. The van der Waals surface area contributed by atoms with E-state index in [1.807, 2.05) is 32.4 Å². The number of ether oxygens (including phenoxy) is 1. The maximum Gasteiger partial charge on any atom is 0.307 e. The number of carbonyl (C=O) groups excluding carboxylic acids is 2. The van der Waals surface area contributed by atoms with Gasteiger partial charge >= 0.3 is 5.97 Å². The van der Waals surface area contributed by atoms with Crippen LogP contribution in [0.1, 0.15) is 69.1 Å². The third kappa shape index (κ3) is 4.15. The molecular weight excluding hydrogens is 320 g/mol. The summed E-state index contributed by atoms with van der Waals surface area (Å²) in [4.78, 5) is 28.8. The van der Waals surface area contributed by atoms with Crippen molar-refractivity contribution in [1.82, 2.24) is 20.1 Å². The molecule has 0 aromatic carbocycles. The van der Waals surface area contributed by atoms with Crippen molar-refractivity contribution >= 4 is 22.9 Å². The highest BCUT2D eigenvalue weighted by atomic mass is 16.5. The molecule has 2 aromatic heterocycles. The maximum atomic E-state index is 12.8. The summed E-state index contributed by atoms with van der Waals surface area (Å²) in [5, 5.41) is 7.94. The first-order valence-electron chi connectivity index (χ1n) is 8.50. The highest BCUT2D eigenvalue weighted by Gasteiger charge is 2.20. The zero-order valence-electron chi connectivity index (χ0n) is 15.7. The molecule has 0 saturated heterocycles. The summed E-state index contributed by atoms with van der Waals surface area (Å²) >= 11 is 0. The molecule has 1 unspecified atom stereocenters. The van der Waals surface area contributed by atoms with Crippen molar-refractivity contribution in [1.29, 1.82) is 0 Å². The average Bonchev–Trinajstić information content (AvgIpc) is 2.97. The van der Waals surface area contributed by atoms with Crippen molar-refractivity contribution in [2.45, 2.75) is 59.0 Å². The second kappa shape index (κ2) is 7.63. The Morgan fingerprint density at radius 3 is 2.48 bits per heavy atom. The molecule has 7 heteroatoms. The van der Waals surface area contributed by atoms with E-state index in [4.69, 9.17) is 0 Å². The second-order valence-corrected chi connectivity index (χ2v) is 6.82. The predicted molar refractivity (Wildman–Crippen MR) is 95.6 cm³/mol. The molecule has 0 bridgehead atoms. The Morgan fingerprint density at radius 1 is 1.24 bits per heavy atom. The molecule has 25 heavy (non-hydrogen) atoms. The molecule has 0 aliphatic rings. The Morgan fingerprint density at radius 2 is 1.92 bits per heavy atom. The molecule has 0 saturated carbocycles. The van der Waals surface area contributed by atoms with Crippen LogP contribution in [0, 0.1) is 0 Å². The fourth-order valence-electron chi connectivity index (χ4n) is 2.58. The molecule has 1 N–H and O–H groups in total. The standard InChI is InChI=1S/C18H26N4O3/c1-10(2)15-8-13(18(24)20-12(5)7-16(23)25-6)14-9-19-22(11(3)4)17(14)21-15/h8-12H,7H2,1-6H3,(H,20,24). The molecule has 2 aromatic rings. The number of fused-ring (bicyclic) bond motifs is 1. The fourth-order valence-corrected chi connectivity index (χ4v) is 2.58. The van der Waals surface area contributed by atoms with Crippen LogP contribution in [0.4, 0.5) is 0 Å². The van der Waals surface area contributed by atoms with E-state index in [-0.39, 0.29) is 36.3 Å². The molecule has 0 fully saturated rings. The molecule has 0 radical (unpaired) electrons. The number of rotatable bonds is 6. The van der Waals surface area contributed by atoms with Crippen molar-refractivity contribution in [2.75, 3.05) is 7.11 Å². The monoisotopic (exact) mass is 346 g/mol. The Kier molecular flexibility index (Phi) is 5.77. The summed E-state index contributed by atoms with van der Waals surface area (Å²) in [6.07, 6.45) is 1.80. The largest absolute Gasteiger partial charge is 0.469 e.